The van der Waals surface area contributed by atoms with Crippen LogP contribution in [0.3, 0.4) is 0 Å². The Bertz CT molecular complexity index is 460. The van der Waals surface area contributed by atoms with Gasteiger partial charge < -0.3 is 19.9 Å². The number of para-hydroxylation sites is 2. The lowest BCUT2D eigenvalue weighted by atomic mass is 10.2. The predicted octanol–water partition coefficient (Wildman–Crippen LogP) is 0.417. The molecule has 18 heavy (non-hydrogen) atoms. The Labute approximate surface area is 104 Å². The largest absolute Gasteiger partial charge is 0.485 e. The monoisotopic (exact) mass is 251 g/mol. The first-order valence-electron chi connectivity index (χ1n) is 5.55. The number of carboxylic acid groups (broad SMARTS) is 1. The highest BCUT2D eigenvalue weighted by molar-refractivity contribution is 5.82. The van der Waals surface area contributed by atoms with E-state index >= 15 is 0 Å². The van der Waals surface area contributed by atoms with Crippen LogP contribution in [0.5, 0.6) is 11.5 Å². The molecule has 1 amide bonds. The van der Waals surface area contributed by atoms with E-state index in [0.29, 0.717) is 11.5 Å². The van der Waals surface area contributed by atoms with Gasteiger partial charge in [-0.05, 0) is 12.1 Å². The maximum Gasteiger partial charge on any atom is 0.305 e. The summed E-state index contributed by atoms with van der Waals surface area (Å²) in [5.41, 5.74) is 0. The van der Waals surface area contributed by atoms with E-state index < -0.39 is 12.1 Å². The number of fused-ring (bicyclic) bond motifs is 1. The molecule has 1 heterocycles. The molecule has 6 nitrogen and oxygen atoms in total. The highest BCUT2D eigenvalue weighted by Gasteiger charge is 2.26. The smallest absolute Gasteiger partial charge is 0.305 e. The van der Waals surface area contributed by atoms with Crippen LogP contribution in [0, 0.1) is 0 Å². The predicted molar refractivity (Wildman–Crippen MR) is 61.6 cm³/mol. The molecule has 1 aliphatic heterocycles. The minimum absolute atomic E-state index is 0.0790. The second kappa shape index (κ2) is 5.39. The van der Waals surface area contributed by atoms with E-state index in [1.54, 1.807) is 18.2 Å². The molecule has 0 saturated heterocycles. The minimum atomic E-state index is -0.957. The van der Waals surface area contributed by atoms with Gasteiger partial charge in [0.15, 0.2) is 11.5 Å². The minimum Gasteiger partial charge on any atom is -0.485 e. The quantitative estimate of drug-likeness (QED) is 0.810. The van der Waals surface area contributed by atoms with Crippen LogP contribution < -0.4 is 14.8 Å². The topological polar surface area (TPSA) is 84.9 Å². The van der Waals surface area contributed by atoms with Gasteiger partial charge in [0, 0.05) is 6.54 Å². The summed E-state index contributed by atoms with van der Waals surface area (Å²) in [5.74, 6) is -0.207. The number of amides is 1. The van der Waals surface area contributed by atoms with Gasteiger partial charge in [-0.25, -0.2) is 0 Å². The summed E-state index contributed by atoms with van der Waals surface area (Å²) in [4.78, 5) is 22.0. The fraction of sp³-hybridized carbons (Fsp3) is 0.333. The Balaban J connectivity index is 1.88. The van der Waals surface area contributed by atoms with Crippen LogP contribution in [-0.4, -0.2) is 36.2 Å². The Morgan fingerprint density at radius 3 is 2.78 bits per heavy atom. The molecule has 0 fully saturated rings. The van der Waals surface area contributed by atoms with Crippen molar-refractivity contribution in [2.45, 2.75) is 12.5 Å². The van der Waals surface area contributed by atoms with Gasteiger partial charge in [-0.3, -0.25) is 9.59 Å². The summed E-state index contributed by atoms with van der Waals surface area (Å²) in [6.07, 6.45) is -0.857. The van der Waals surface area contributed by atoms with E-state index in [0.717, 1.165) is 0 Å². The molecule has 96 valence electrons. The maximum absolute atomic E-state index is 11.7. The van der Waals surface area contributed by atoms with Crippen LogP contribution in [0.2, 0.25) is 0 Å². The first-order valence-corrected chi connectivity index (χ1v) is 5.55. The number of aliphatic carboxylic acids is 1. The lowest BCUT2D eigenvalue weighted by Gasteiger charge is -2.25. The Morgan fingerprint density at radius 1 is 1.33 bits per heavy atom. The van der Waals surface area contributed by atoms with E-state index in [1.165, 1.54) is 0 Å². The van der Waals surface area contributed by atoms with Crippen molar-refractivity contribution in [3.05, 3.63) is 24.3 Å². The SMILES string of the molecule is O=C(O)CCNC(=O)[C@@H]1COc2ccccc2O1. The average molecular weight is 251 g/mol. The molecule has 1 aromatic carbocycles. The number of carbonyl (C=O) groups excluding carboxylic acids is 1. The molecule has 2 rings (SSSR count). The fourth-order valence-corrected chi connectivity index (χ4v) is 1.56. The van der Waals surface area contributed by atoms with Gasteiger partial charge in [0.05, 0.1) is 6.42 Å². The Kier molecular flexibility index (Phi) is 3.66. The summed E-state index contributed by atoms with van der Waals surface area (Å²) in [7, 11) is 0. The maximum atomic E-state index is 11.7. The van der Waals surface area contributed by atoms with Gasteiger partial charge in [-0.1, -0.05) is 12.1 Å². The third-order valence-electron chi connectivity index (χ3n) is 2.44. The summed E-state index contributed by atoms with van der Waals surface area (Å²) >= 11 is 0. The van der Waals surface area contributed by atoms with Crippen molar-refractivity contribution in [3.8, 4) is 11.5 Å². The van der Waals surface area contributed by atoms with Gasteiger partial charge in [-0.2, -0.15) is 0 Å². The highest BCUT2D eigenvalue weighted by atomic mass is 16.6. The van der Waals surface area contributed by atoms with Crippen LogP contribution in [0.25, 0.3) is 0 Å². The molecule has 1 aromatic rings. The molecule has 0 aliphatic carbocycles. The molecule has 1 aliphatic rings. The third-order valence-corrected chi connectivity index (χ3v) is 2.44. The molecule has 0 radical (unpaired) electrons. The number of carbonyl (C=O) groups is 2. The van der Waals surface area contributed by atoms with Gasteiger partial charge in [0.1, 0.15) is 6.61 Å². The van der Waals surface area contributed by atoms with Crippen molar-refractivity contribution >= 4 is 11.9 Å². The van der Waals surface area contributed by atoms with Crippen molar-refractivity contribution in [2.75, 3.05) is 13.2 Å². The standard InChI is InChI=1S/C12H13NO5/c14-11(15)5-6-13-12(16)10-7-17-8-3-1-2-4-9(8)18-10/h1-4,10H,5-7H2,(H,13,16)(H,14,15)/t10-/m0/s1. The molecular weight excluding hydrogens is 238 g/mol. The molecule has 6 heteroatoms. The first kappa shape index (κ1) is 12.2. The highest BCUT2D eigenvalue weighted by Crippen LogP contribution is 2.30. The lowest BCUT2D eigenvalue weighted by molar-refractivity contribution is -0.137. The van der Waals surface area contributed by atoms with Crippen molar-refractivity contribution in [1.29, 1.82) is 0 Å². The molecule has 1 atom stereocenters. The van der Waals surface area contributed by atoms with Gasteiger partial charge in [-0.15, -0.1) is 0 Å². The van der Waals surface area contributed by atoms with Crippen molar-refractivity contribution in [1.82, 2.24) is 5.32 Å². The molecule has 2 N–H and O–H groups in total. The first-order chi connectivity index (χ1) is 8.66. The zero-order valence-electron chi connectivity index (χ0n) is 9.59. The van der Waals surface area contributed by atoms with Gasteiger partial charge in [0.25, 0.3) is 5.91 Å². The number of nitrogens with one attached hydrogen (secondary N) is 1. The van der Waals surface area contributed by atoms with E-state index in [2.05, 4.69) is 5.32 Å². The van der Waals surface area contributed by atoms with E-state index in [1.807, 2.05) is 6.07 Å². The number of ether oxygens (including phenoxy) is 2. The van der Waals surface area contributed by atoms with E-state index in [-0.39, 0.29) is 25.5 Å². The number of hydrogen-bond donors (Lipinski definition) is 2. The number of carboxylic acids is 1. The molecule has 0 saturated carbocycles. The van der Waals surface area contributed by atoms with Gasteiger partial charge in [0.2, 0.25) is 6.10 Å². The van der Waals surface area contributed by atoms with Crippen molar-refractivity contribution in [2.24, 2.45) is 0 Å². The van der Waals surface area contributed by atoms with E-state index in [9.17, 15) is 9.59 Å². The molecular formula is C12H13NO5. The number of benzene rings is 1. The van der Waals surface area contributed by atoms with Crippen LogP contribution in [0.15, 0.2) is 24.3 Å². The molecule has 0 bridgehead atoms. The average Bonchev–Trinajstić information content (AvgIpc) is 2.37. The lowest BCUT2D eigenvalue weighted by Crippen LogP contribution is -2.44. The zero-order chi connectivity index (χ0) is 13.0. The summed E-state index contributed by atoms with van der Waals surface area (Å²) < 4.78 is 10.8. The number of rotatable bonds is 4. The fourth-order valence-electron chi connectivity index (χ4n) is 1.56. The number of hydrogen-bond acceptors (Lipinski definition) is 4. The third kappa shape index (κ3) is 2.91. The second-order valence-electron chi connectivity index (χ2n) is 3.80. The molecule has 0 spiro atoms. The zero-order valence-corrected chi connectivity index (χ0v) is 9.59. The normalized spacial score (nSPS) is 17.0. The second-order valence-corrected chi connectivity index (χ2v) is 3.80. The Morgan fingerprint density at radius 2 is 2.06 bits per heavy atom. The van der Waals surface area contributed by atoms with Crippen molar-refractivity contribution in [3.63, 3.8) is 0 Å². The van der Waals surface area contributed by atoms with Crippen LogP contribution >= 0.6 is 0 Å². The van der Waals surface area contributed by atoms with Crippen LogP contribution in [0.1, 0.15) is 6.42 Å². The van der Waals surface area contributed by atoms with E-state index in [4.69, 9.17) is 14.6 Å². The van der Waals surface area contributed by atoms with Gasteiger partial charge >= 0.3 is 5.97 Å². The van der Waals surface area contributed by atoms with Crippen LogP contribution in [0.4, 0.5) is 0 Å². The molecule has 0 aromatic heterocycles. The van der Waals surface area contributed by atoms with Crippen LogP contribution in [-0.2, 0) is 9.59 Å². The summed E-state index contributed by atoms with van der Waals surface area (Å²) in [6, 6.07) is 7.07. The van der Waals surface area contributed by atoms with Crippen molar-refractivity contribution < 1.29 is 24.2 Å². The summed E-state index contributed by atoms with van der Waals surface area (Å²) in [5, 5.41) is 10.9. The molecule has 0 unspecified atom stereocenters. The Hall–Kier alpha value is -2.24. The summed E-state index contributed by atoms with van der Waals surface area (Å²) in [6.45, 7) is 0.200.